The summed E-state index contributed by atoms with van der Waals surface area (Å²) in [6, 6.07) is 16.9. The molecule has 0 atom stereocenters. The molecule has 0 aromatic heterocycles. The van der Waals surface area contributed by atoms with Crippen molar-refractivity contribution in [3.05, 3.63) is 99.2 Å². The second-order valence-corrected chi connectivity index (χ2v) is 9.42. The minimum atomic E-state index is -0.713. The zero-order chi connectivity index (χ0) is 27.6. The molecule has 1 aliphatic heterocycles. The van der Waals surface area contributed by atoms with E-state index in [1.54, 1.807) is 51.1 Å². The van der Waals surface area contributed by atoms with Gasteiger partial charge in [0.05, 0.1) is 22.9 Å². The summed E-state index contributed by atoms with van der Waals surface area (Å²) in [4.78, 5) is 51.3. The Kier molecular flexibility index (Phi) is 7.85. The van der Waals surface area contributed by atoms with Crippen LogP contribution in [0.4, 0.5) is 11.4 Å². The molecule has 0 saturated carbocycles. The van der Waals surface area contributed by atoms with Crippen LogP contribution in [0.25, 0.3) is 0 Å². The topological polar surface area (TPSA) is 102 Å². The first-order valence-electron chi connectivity index (χ1n) is 11.5. The van der Waals surface area contributed by atoms with Gasteiger partial charge in [-0.25, -0.2) is 14.5 Å². The molecule has 194 valence electrons. The molecule has 1 heterocycles. The van der Waals surface area contributed by atoms with Crippen LogP contribution in [-0.4, -0.2) is 29.9 Å². The van der Waals surface area contributed by atoms with Crippen LogP contribution in [0.3, 0.4) is 0 Å². The molecule has 2 amide bonds. The van der Waals surface area contributed by atoms with Crippen molar-refractivity contribution in [1.82, 2.24) is 0 Å². The second kappa shape index (κ2) is 11.1. The fraction of sp³-hybridized carbons (Fsp3) is 0.143. The average molecular weight is 553 g/mol. The third-order valence-corrected chi connectivity index (χ3v) is 6.24. The van der Waals surface area contributed by atoms with E-state index in [-0.39, 0.29) is 33.6 Å². The fourth-order valence-corrected chi connectivity index (χ4v) is 3.89. The largest absolute Gasteiger partial charge is 0.459 e. The van der Waals surface area contributed by atoms with Gasteiger partial charge in [0.2, 0.25) is 0 Å². The summed E-state index contributed by atoms with van der Waals surface area (Å²) >= 11 is 12.2. The quantitative estimate of drug-likeness (QED) is 0.222. The van der Waals surface area contributed by atoms with E-state index in [4.69, 9.17) is 32.7 Å². The number of hydrogen-bond donors (Lipinski definition) is 1. The van der Waals surface area contributed by atoms with Crippen LogP contribution in [0.15, 0.2) is 77.5 Å². The molecule has 0 saturated heterocycles. The Bertz CT molecular complexity index is 1460. The minimum absolute atomic E-state index is 0.119. The molecule has 3 aromatic rings. The Labute approximate surface area is 228 Å². The monoisotopic (exact) mass is 552 g/mol. The van der Waals surface area contributed by atoms with Crippen LogP contribution < -0.4 is 15.0 Å². The summed E-state index contributed by atoms with van der Waals surface area (Å²) in [6.45, 7) is 5.27. The van der Waals surface area contributed by atoms with Crippen molar-refractivity contribution in [1.29, 1.82) is 0 Å². The molecular formula is C28H22Cl2N2O6. The molecule has 0 fully saturated rings. The normalized spacial score (nSPS) is 13.3. The van der Waals surface area contributed by atoms with Gasteiger partial charge in [0, 0.05) is 10.7 Å². The molecule has 0 radical (unpaired) electrons. The van der Waals surface area contributed by atoms with Gasteiger partial charge in [-0.1, -0.05) is 23.2 Å². The first kappa shape index (κ1) is 26.9. The number of anilines is 2. The molecule has 8 nitrogen and oxygen atoms in total. The number of halogens is 2. The highest BCUT2D eigenvalue weighted by Gasteiger charge is 2.39. The lowest BCUT2D eigenvalue weighted by molar-refractivity contribution is -0.120. The number of benzene rings is 3. The maximum Gasteiger partial charge on any atom is 0.343 e. The lowest BCUT2D eigenvalue weighted by Gasteiger charge is -2.16. The van der Waals surface area contributed by atoms with Crippen LogP contribution in [-0.2, 0) is 14.3 Å². The van der Waals surface area contributed by atoms with Crippen LogP contribution in [0.1, 0.15) is 40.1 Å². The van der Waals surface area contributed by atoms with E-state index in [0.29, 0.717) is 16.5 Å². The summed E-state index contributed by atoms with van der Waals surface area (Å²) in [5.74, 6) is -2.11. The van der Waals surface area contributed by atoms with E-state index in [0.717, 1.165) is 10.5 Å². The lowest BCUT2D eigenvalue weighted by atomic mass is 10.2. The summed E-state index contributed by atoms with van der Waals surface area (Å²) in [5, 5.41) is 3.12. The van der Waals surface area contributed by atoms with Crippen molar-refractivity contribution in [3.63, 3.8) is 0 Å². The van der Waals surface area contributed by atoms with Gasteiger partial charge in [-0.3, -0.25) is 9.59 Å². The Morgan fingerprint density at radius 2 is 1.45 bits per heavy atom. The Morgan fingerprint density at radius 1 is 0.842 bits per heavy atom. The van der Waals surface area contributed by atoms with E-state index in [9.17, 15) is 19.2 Å². The summed E-state index contributed by atoms with van der Waals surface area (Å²) in [7, 11) is 0. The van der Waals surface area contributed by atoms with Gasteiger partial charge in [-0.05, 0) is 93.1 Å². The molecule has 38 heavy (non-hydrogen) atoms. The minimum Gasteiger partial charge on any atom is -0.459 e. The van der Waals surface area contributed by atoms with Crippen LogP contribution in [0.2, 0.25) is 5.02 Å². The molecular weight excluding hydrogens is 531 g/mol. The van der Waals surface area contributed by atoms with Gasteiger partial charge >= 0.3 is 11.9 Å². The predicted octanol–water partition coefficient (Wildman–Crippen LogP) is 5.87. The molecule has 3 aromatic carbocycles. The fourth-order valence-electron chi connectivity index (χ4n) is 3.56. The van der Waals surface area contributed by atoms with E-state index in [1.807, 2.05) is 0 Å². The van der Waals surface area contributed by atoms with Crippen molar-refractivity contribution in [2.24, 2.45) is 0 Å². The summed E-state index contributed by atoms with van der Waals surface area (Å²) in [6.07, 6.45) is -0.284. The van der Waals surface area contributed by atoms with Gasteiger partial charge in [-0.15, -0.1) is 0 Å². The number of carbonyl (C=O) groups excluding carboxylic acids is 4. The molecule has 10 heteroatoms. The summed E-state index contributed by atoms with van der Waals surface area (Å²) < 4.78 is 10.5. The number of hydrogen-bond acceptors (Lipinski definition) is 7. The van der Waals surface area contributed by atoms with E-state index >= 15 is 0 Å². The number of esters is 2. The molecule has 0 bridgehead atoms. The molecule has 0 aliphatic carbocycles. The number of nitrogens with zero attached hydrogens (tertiary/aromatic N) is 1. The predicted molar refractivity (Wildman–Crippen MR) is 144 cm³/mol. The highest BCUT2D eigenvalue weighted by atomic mass is 35.5. The Morgan fingerprint density at radius 3 is 2.05 bits per heavy atom. The number of aryl methyl sites for hydroxylation is 1. The van der Waals surface area contributed by atoms with E-state index in [1.165, 1.54) is 36.4 Å². The third-order valence-electron chi connectivity index (χ3n) is 5.46. The van der Waals surface area contributed by atoms with Crippen LogP contribution in [0.5, 0.6) is 5.75 Å². The van der Waals surface area contributed by atoms with Crippen LogP contribution in [0, 0.1) is 6.92 Å². The smallest absolute Gasteiger partial charge is 0.343 e. The number of carbonyl (C=O) groups is 4. The number of ether oxygens (including phenoxy) is 2. The van der Waals surface area contributed by atoms with Crippen molar-refractivity contribution < 1.29 is 28.7 Å². The van der Waals surface area contributed by atoms with Crippen molar-refractivity contribution >= 4 is 58.3 Å². The zero-order valence-electron chi connectivity index (χ0n) is 20.6. The van der Waals surface area contributed by atoms with Crippen molar-refractivity contribution in [2.45, 2.75) is 26.9 Å². The van der Waals surface area contributed by atoms with E-state index < -0.39 is 23.8 Å². The van der Waals surface area contributed by atoms with Gasteiger partial charge in [0.25, 0.3) is 11.8 Å². The maximum atomic E-state index is 13.1. The zero-order valence-corrected chi connectivity index (χ0v) is 22.1. The van der Waals surface area contributed by atoms with Gasteiger partial charge < -0.3 is 14.8 Å². The van der Waals surface area contributed by atoms with E-state index in [2.05, 4.69) is 5.32 Å². The molecule has 1 aliphatic rings. The lowest BCUT2D eigenvalue weighted by Crippen LogP contribution is -2.32. The van der Waals surface area contributed by atoms with Crippen molar-refractivity contribution in [3.8, 4) is 5.75 Å². The second-order valence-electron chi connectivity index (χ2n) is 8.64. The SMILES string of the molecule is Cc1cc(OC(=O)c2ccc(NC3=C(Cl)C(=O)N(c4ccc(C(=O)OC(C)C)cc4)C3=O)cc2)ccc1Cl. The average Bonchev–Trinajstić information content (AvgIpc) is 3.09. The molecule has 4 rings (SSSR count). The molecule has 0 spiro atoms. The first-order valence-corrected chi connectivity index (χ1v) is 12.3. The number of rotatable bonds is 7. The third kappa shape index (κ3) is 5.72. The van der Waals surface area contributed by atoms with Gasteiger partial charge in [0.1, 0.15) is 16.5 Å². The summed E-state index contributed by atoms with van der Waals surface area (Å²) in [5.41, 5.74) is 1.87. The highest BCUT2D eigenvalue weighted by molar-refractivity contribution is 6.53. The highest BCUT2D eigenvalue weighted by Crippen LogP contribution is 2.30. The Balaban J connectivity index is 1.44. The standard InChI is InChI=1S/C28H22Cl2N2O6/c1-15(2)37-27(35)18-6-10-20(11-7-18)32-25(33)23(30)24(26(32)34)31-19-8-4-17(5-9-19)28(36)38-21-12-13-22(29)16(3)14-21/h4-15,31H,1-3H3. The van der Waals surface area contributed by atoms with Crippen molar-refractivity contribution in [2.75, 3.05) is 10.2 Å². The molecule has 0 unspecified atom stereocenters. The first-order chi connectivity index (χ1) is 18.0. The number of nitrogens with one attached hydrogen (secondary N) is 1. The molecule has 1 N–H and O–H groups in total. The van der Waals surface area contributed by atoms with Gasteiger partial charge in [0.15, 0.2) is 0 Å². The number of imide groups is 1. The maximum absolute atomic E-state index is 13.1. The van der Waals surface area contributed by atoms with Crippen LogP contribution >= 0.6 is 23.2 Å². The Hall–Kier alpha value is -4.14. The van der Waals surface area contributed by atoms with Gasteiger partial charge in [-0.2, -0.15) is 0 Å². The number of amides is 2.